The summed E-state index contributed by atoms with van der Waals surface area (Å²) in [6.07, 6.45) is 5.48. The molecule has 1 saturated carbocycles. The maximum absolute atomic E-state index is 4.56. The highest BCUT2D eigenvalue weighted by Gasteiger charge is 2.29. The predicted molar refractivity (Wildman–Crippen MR) is 84.8 cm³/mol. The third-order valence-corrected chi connectivity index (χ3v) is 5.14. The molecule has 1 aromatic rings. The van der Waals surface area contributed by atoms with Crippen LogP contribution in [0.3, 0.4) is 0 Å². The summed E-state index contributed by atoms with van der Waals surface area (Å²) in [6, 6.07) is 1.06. The van der Waals surface area contributed by atoms with Crippen LogP contribution in [0.1, 0.15) is 69.4 Å². The first kappa shape index (κ1) is 15.6. The van der Waals surface area contributed by atoms with E-state index in [2.05, 4.69) is 45.0 Å². The summed E-state index contributed by atoms with van der Waals surface area (Å²) in [5, 5.41) is 8.46. The fraction of sp³-hybridized carbons (Fsp3) is 0.824. The van der Waals surface area contributed by atoms with Gasteiger partial charge in [0.05, 0.1) is 5.69 Å². The van der Waals surface area contributed by atoms with Gasteiger partial charge in [0.2, 0.25) is 0 Å². The van der Waals surface area contributed by atoms with Crippen molar-refractivity contribution < 1.29 is 0 Å². The minimum Gasteiger partial charge on any atom is -0.307 e. The van der Waals surface area contributed by atoms with Gasteiger partial charge in [0, 0.05) is 30.4 Å². The Bertz CT molecular complexity index is 447. The van der Waals surface area contributed by atoms with Crippen LogP contribution in [0.15, 0.2) is 0 Å². The first-order valence-corrected chi connectivity index (χ1v) is 8.18. The molecule has 2 rings (SSSR count). The van der Waals surface area contributed by atoms with E-state index in [9.17, 15) is 0 Å². The molecule has 0 spiro atoms. The number of aryl methyl sites for hydroxylation is 2. The minimum absolute atomic E-state index is 0.396. The van der Waals surface area contributed by atoms with Crippen LogP contribution < -0.4 is 5.32 Å². The van der Waals surface area contributed by atoms with E-state index in [0.717, 1.165) is 11.8 Å². The van der Waals surface area contributed by atoms with E-state index in [-0.39, 0.29) is 0 Å². The molecule has 0 saturated heterocycles. The van der Waals surface area contributed by atoms with Crippen LogP contribution in [-0.2, 0) is 7.05 Å². The second kappa shape index (κ2) is 6.30. The molecular weight excluding hydrogens is 246 g/mol. The lowest BCUT2D eigenvalue weighted by molar-refractivity contribution is 0.194. The molecule has 1 N–H and O–H groups in total. The summed E-state index contributed by atoms with van der Waals surface area (Å²) in [5.41, 5.74) is 3.85. The Morgan fingerprint density at radius 3 is 2.35 bits per heavy atom. The fourth-order valence-corrected chi connectivity index (χ4v) is 3.99. The molecule has 0 bridgehead atoms. The normalized spacial score (nSPS) is 25.1. The van der Waals surface area contributed by atoms with Crippen molar-refractivity contribution in [2.75, 3.05) is 0 Å². The van der Waals surface area contributed by atoms with Crippen molar-refractivity contribution in [3.8, 4) is 0 Å². The molecule has 114 valence electrons. The molecule has 1 aliphatic rings. The van der Waals surface area contributed by atoms with Gasteiger partial charge in [-0.15, -0.1) is 0 Å². The maximum atomic E-state index is 4.56. The van der Waals surface area contributed by atoms with E-state index in [0.29, 0.717) is 12.1 Å². The summed E-state index contributed by atoms with van der Waals surface area (Å²) in [5.74, 6) is 1.60. The van der Waals surface area contributed by atoms with Gasteiger partial charge in [-0.25, -0.2) is 0 Å². The first-order valence-electron chi connectivity index (χ1n) is 8.18. The van der Waals surface area contributed by atoms with Gasteiger partial charge in [-0.3, -0.25) is 4.68 Å². The summed E-state index contributed by atoms with van der Waals surface area (Å²) in [4.78, 5) is 0. The average molecular weight is 277 g/mol. The average Bonchev–Trinajstić information content (AvgIpc) is 2.63. The predicted octanol–water partition coefficient (Wildman–Crippen LogP) is 3.90. The molecule has 1 heterocycles. The number of nitrogens with zero attached hydrogens (tertiary/aromatic N) is 2. The summed E-state index contributed by atoms with van der Waals surface area (Å²) in [6.45, 7) is 11.3. The molecule has 3 atom stereocenters. The molecular formula is C17H31N3. The zero-order chi connectivity index (χ0) is 14.9. The molecule has 3 nitrogen and oxygen atoms in total. The molecule has 1 fully saturated rings. The minimum atomic E-state index is 0.396. The molecule has 0 aromatic carbocycles. The number of rotatable bonds is 4. The monoisotopic (exact) mass is 277 g/mol. The zero-order valence-electron chi connectivity index (χ0n) is 14.0. The quantitative estimate of drug-likeness (QED) is 0.904. The van der Waals surface area contributed by atoms with E-state index in [1.807, 2.05) is 11.7 Å². The van der Waals surface area contributed by atoms with Gasteiger partial charge in [0.1, 0.15) is 0 Å². The van der Waals surface area contributed by atoms with Gasteiger partial charge in [-0.2, -0.15) is 5.10 Å². The number of aromatic nitrogens is 2. The Balaban J connectivity index is 2.11. The number of hydrogen-bond donors (Lipinski definition) is 1. The Kier molecular flexibility index (Phi) is 4.90. The van der Waals surface area contributed by atoms with Crippen molar-refractivity contribution in [1.29, 1.82) is 0 Å². The molecule has 1 aliphatic carbocycles. The van der Waals surface area contributed by atoms with Crippen LogP contribution in [0.5, 0.6) is 0 Å². The number of nitrogens with one attached hydrogen (secondary N) is 1. The molecule has 1 aromatic heterocycles. The second-order valence-corrected chi connectivity index (χ2v) is 6.90. The van der Waals surface area contributed by atoms with E-state index >= 15 is 0 Å². The van der Waals surface area contributed by atoms with Gasteiger partial charge in [-0.1, -0.05) is 26.7 Å². The topological polar surface area (TPSA) is 29.9 Å². The van der Waals surface area contributed by atoms with Gasteiger partial charge >= 0.3 is 0 Å². The molecule has 3 unspecified atom stereocenters. The largest absolute Gasteiger partial charge is 0.307 e. The Morgan fingerprint density at radius 2 is 1.80 bits per heavy atom. The van der Waals surface area contributed by atoms with Crippen LogP contribution in [0.2, 0.25) is 0 Å². The molecule has 0 aliphatic heterocycles. The lowest BCUT2D eigenvalue weighted by Crippen LogP contribution is -2.42. The lowest BCUT2D eigenvalue weighted by Gasteiger charge is -2.37. The van der Waals surface area contributed by atoms with Crippen molar-refractivity contribution in [2.24, 2.45) is 18.9 Å². The van der Waals surface area contributed by atoms with Gasteiger partial charge in [0.25, 0.3) is 0 Å². The Hall–Kier alpha value is -0.830. The third-order valence-electron chi connectivity index (χ3n) is 5.14. The van der Waals surface area contributed by atoms with Gasteiger partial charge in [0.15, 0.2) is 0 Å². The van der Waals surface area contributed by atoms with Crippen LogP contribution in [0.25, 0.3) is 0 Å². The zero-order valence-corrected chi connectivity index (χ0v) is 14.0. The maximum Gasteiger partial charge on any atom is 0.0644 e. The molecule has 0 amide bonds. The van der Waals surface area contributed by atoms with Crippen LogP contribution in [0.4, 0.5) is 0 Å². The molecule has 20 heavy (non-hydrogen) atoms. The Morgan fingerprint density at radius 1 is 1.15 bits per heavy atom. The van der Waals surface area contributed by atoms with E-state index in [4.69, 9.17) is 0 Å². The summed E-state index contributed by atoms with van der Waals surface area (Å²) >= 11 is 0. The van der Waals surface area contributed by atoms with Crippen molar-refractivity contribution >= 4 is 0 Å². The van der Waals surface area contributed by atoms with Crippen LogP contribution >= 0.6 is 0 Å². The van der Waals surface area contributed by atoms with Gasteiger partial charge in [-0.05, 0) is 45.4 Å². The van der Waals surface area contributed by atoms with E-state index in [1.165, 1.54) is 42.6 Å². The number of hydrogen-bond acceptors (Lipinski definition) is 2. The lowest BCUT2D eigenvalue weighted by atomic mass is 9.77. The summed E-state index contributed by atoms with van der Waals surface area (Å²) < 4.78 is 2.00. The van der Waals surface area contributed by atoms with Crippen molar-refractivity contribution in [3.63, 3.8) is 0 Å². The van der Waals surface area contributed by atoms with Crippen LogP contribution in [-0.4, -0.2) is 15.8 Å². The fourth-order valence-electron chi connectivity index (χ4n) is 3.99. The smallest absolute Gasteiger partial charge is 0.0644 e. The van der Waals surface area contributed by atoms with Gasteiger partial charge < -0.3 is 5.32 Å². The summed E-state index contributed by atoms with van der Waals surface area (Å²) in [7, 11) is 2.04. The third kappa shape index (κ3) is 3.08. The second-order valence-electron chi connectivity index (χ2n) is 6.90. The van der Waals surface area contributed by atoms with Crippen molar-refractivity contribution in [1.82, 2.24) is 15.1 Å². The van der Waals surface area contributed by atoms with E-state index < -0.39 is 0 Å². The highest BCUT2D eigenvalue weighted by Crippen LogP contribution is 2.32. The standard InChI is InChI=1S/C17H31N3/c1-11(2)15-9-7-8-10-16(15)18-12(3)17-13(4)19-20(6)14(17)5/h11-12,15-16,18H,7-10H2,1-6H3. The first-order chi connectivity index (χ1) is 9.41. The van der Waals surface area contributed by atoms with Crippen LogP contribution in [0, 0.1) is 25.7 Å². The molecule has 0 radical (unpaired) electrons. The Labute approximate surface area is 124 Å². The van der Waals surface area contributed by atoms with E-state index in [1.54, 1.807) is 0 Å². The van der Waals surface area contributed by atoms with Crippen molar-refractivity contribution in [3.05, 3.63) is 17.0 Å². The highest BCUT2D eigenvalue weighted by atomic mass is 15.3. The highest BCUT2D eigenvalue weighted by molar-refractivity contribution is 5.27. The molecule has 3 heteroatoms. The van der Waals surface area contributed by atoms with Crippen molar-refractivity contribution in [2.45, 2.75) is 72.4 Å². The SMILES string of the molecule is Cc1nn(C)c(C)c1C(C)NC1CCCCC1C(C)C.